The predicted octanol–water partition coefficient (Wildman–Crippen LogP) is 5.77. The van der Waals surface area contributed by atoms with E-state index < -0.39 is 0 Å². The van der Waals surface area contributed by atoms with Crippen LogP contribution in [0, 0.1) is 5.82 Å². The first kappa shape index (κ1) is 18.6. The van der Waals surface area contributed by atoms with E-state index in [-0.39, 0.29) is 5.82 Å². The summed E-state index contributed by atoms with van der Waals surface area (Å²) in [4.78, 5) is 10.2. The Labute approximate surface area is 165 Å². The van der Waals surface area contributed by atoms with Gasteiger partial charge in [-0.05, 0) is 79.4 Å². The number of rotatable bonds is 5. The van der Waals surface area contributed by atoms with Crippen LogP contribution in [-0.2, 0) is 0 Å². The molecule has 0 bridgehead atoms. The van der Waals surface area contributed by atoms with Crippen molar-refractivity contribution >= 4 is 5.57 Å². The van der Waals surface area contributed by atoms with Crippen LogP contribution in [0.2, 0.25) is 0 Å². The van der Waals surface area contributed by atoms with Crippen molar-refractivity contribution in [1.29, 1.82) is 0 Å². The topological polar surface area (TPSA) is 31.9 Å². The van der Waals surface area contributed by atoms with E-state index in [1.807, 2.05) is 36.7 Å². The molecule has 1 N–H and O–H groups in total. The van der Waals surface area contributed by atoms with Crippen molar-refractivity contribution in [3.05, 3.63) is 72.4 Å². The molecule has 1 aliphatic heterocycles. The van der Waals surface area contributed by atoms with Crippen LogP contribution in [0.4, 0.5) is 4.39 Å². The van der Waals surface area contributed by atoms with Gasteiger partial charge in [-0.15, -0.1) is 0 Å². The van der Waals surface area contributed by atoms with Gasteiger partial charge in [-0.2, -0.15) is 0 Å². The van der Waals surface area contributed by atoms with Gasteiger partial charge >= 0.3 is 0 Å². The van der Waals surface area contributed by atoms with Gasteiger partial charge in [0.1, 0.15) is 5.82 Å². The van der Waals surface area contributed by atoms with Crippen molar-refractivity contribution in [3.63, 3.8) is 0 Å². The standard InChI is InChI=1S/C24H26FN3/c1-3-13-28-14-10-20(15-17(28)2)22-16-27-24(19-4-6-21(25)7-5-19)23(22)18-8-11-26-12-9-18/h4-12,16-17,27H,3,13-15H2,1-2H3. The van der Waals surface area contributed by atoms with Crippen LogP contribution in [0.3, 0.4) is 0 Å². The van der Waals surface area contributed by atoms with Crippen LogP contribution in [0.15, 0.2) is 61.1 Å². The molecule has 4 heteroatoms. The van der Waals surface area contributed by atoms with Crippen molar-refractivity contribution in [2.75, 3.05) is 13.1 Å². The third-order valence-electron chi connectivity index (χ3n) is 5.55. The number of nitrogens with one attached hydrogen (secondary N) is 1. The summed E-state index contributed by atoms with van der Waals surface area (Å²) in [5.41, 5.74) is 6.89. The monoisotopic (exact) mass is 375 g/mol. The zero-order valence-corrected chi connectivity index (χ0v) is 16.5. The highest BCUT2D eigenvalue weighted by molar-refractivity contribution is 5.91. The lowest BCUT2D eigenvalue weighted by molar-refractivity contribution is 0.227. The molecule has 0 saturated heterocycles. The van der Waals surface area contributed by atoms with Gasteiger partial charge < -0.3 is 4.98 Å². The second-order valence-electron chi connectivity index (χ2n) is 7.47. The van der Waals surface area contributed by atoms with Crippen LogP contribution in [0.1, 0.15) is 32.3 Å². The predicted molar refractivity (Wildman–Crippen MR) is 113 cm³/mol. The molecule has 0 aliphatic carbocycles. The third kappa shape index (κ3) is 3.65. The molecule has 3 nitrogen and oxygen atoms in total. The molecule has 144 valence electrons. The molecule has 1 atom stereocenters. The van der Waals surface area contributed by atoms with Gasteiger partial charge in [0.2, 0.25) is 0 Å². The van der Waals surface area contributed by atoms with E-state index in [1.165, 1.54) is 29.7 Å². The molecule has 0 radical (unpaired) electrons. The van der Waals surface area contributed by atoms with Crippen LogP contribution in [0.25, 0.3) is 28.0 Å². The summed E-state index contributed by atoms with van der Waals surface area (Å²) >= 11 is 0. The largest absolute Gasteiger partial charge is 0.360 e. The van der Waals surface area contributed by atoms with Gasteiger partial charge in [-0.25, -0.2) is 4.39 Å². The lowest BCUT2D eigenvalue weighted by Gasteiger charge is -2.33. The minimum atomic E-state index is -0.221. The molecular formula is C24H26FN3. The summed E-state index contributed by atoms with van der Waals surface area (Å²) in [5, 5.41) is 0. The Morgan fingerprint density at radius 3 is 2.54 bits per heavy atom. The number of halogens is 1. The van der Waals surface area contributed by atoms with E-state index in [1.54, 1.807) is 0 Å². The van der Waals surface area contributed by atoms with Gasteiger partial charge in [-0.1, -0.05) is 13.0 Å². The second kappa shape index (κ2) is 8.11. The molecular weight excluding hydrogens is 349 g/mol. The molecule has 1 unspecified atom stereocenters. The van der Waals surface area contributed by atoms with Gasteiger partial charge in [0.25, 0.3) is 0 Å². The average molecular weight is 375 g/mol. The Morgan fingerprint density at radius 1 is 1.11 bits per heavy atom. The van der Waals surface area contributed by atoms with Crippen molar-refractivity contribution < 1.29 is 4.39 Å². The minimum absolute atomic E-state index is 0.221. The summed E-state index contributed by atoms with van der Waals surface area (Å²) in [6.45, 7) is 6.66. The molecule has 0 amide bonds. The Morgan fingerprint density at radius 2 is 1.86 bits per heavy atom. The highest BCUT2D eigenvalue weighted by atomic mass is 19.1. The fraction of sp³-hybridized carbons (Fsp3) is 0.292. The Kier molecular flexibility index (Phi) is 5.40. The number of nitrogens with zero attached hydrogens (tertiary/aromatic N) is 2. The molecule has 3 aromatic rings. The summed E-state index contributed by atoms with van der Waals surface area (Å²) in [6, 6.07) is 11.3. The van der Waals surface area contributed by atoms with E-state index in [4.69, 9.17) is 0 Å². The first-order chi connectivity index (χ1) is 13.7. The number of hydrogen-bond acceptors (Lipinski definition) is 2. The van der Waals surface area contributed by atoms with Crippen LogP contribution in [0.5, 0.6) is 0 Å². The highest BCUT2D eigenvalue weighted by Gasteiger charge is 2.24. The maximum absolute atomic E-state index is 13.4. The molecule has 4 rings (SSSR count). The molecule has 28 heavy (non-hydrogen) atoms. The maximum atomic E-state index is 13.4. The number of pyridine rings is 1. The van der Waals surface area contributed by atoms with Crippen LogP contribution in [-0.4, -0.2) is 34.0 Å². The zero-order chi connectivity index (χ0) is 19.5. The molecule has 0 fully saturated rings. The van der Waals surface area contributed by atoms with Crippen LogP contribution >= 0.6 is 0 Å². The number of aromatic nitrogens is 2. The summed E-state index contributed by atoms with van der Waals surface area (Å²) < 4.78 is 13.4. The second-order valence-corrected chi connectivity index (χ2v) is 7.47. The number of H-pyrrole nitrogens is 1. The molecule has 2 aromatic heterocycles. The molecule has 1 aromatic carbocycles. The van der Waals surface area contributed by atoms with Gasteiger partial charge in [0.15, 0.2) is 0 Å². The third-order valence-corrected chi connectivity index (χ3v) is 5.55. The first-order valence-electron chi connectivity index (χ1n) is 9.98. The Balaban J connectivity index is 1.79. The van der Waals surface area contributed by atoms with E-state index in [2.05, 4.69) is 41.0 Å². The smallest absolute Gasteiger partial charge is 0.123 e. The Bertz CT molecular complexity index is 957. The van der Waals surface area contributed by atoms with Crippen molar-refractivity contribution in [1.82, 2.24) is 14.9 Å². The quantitative estimate of drug-likeness (QED) is 0.614. The molecule has 0 spiro atoms. The zero-order valence-electron chi connectivity index (χ0n) is 16.5. The lowest BCUT2D eigenvalue weighted by atomic mass is 9.90. The molecule has 1 aliphatic rings. The van der Waals surface area contributed by atoms with E-state index in [9.17, 15) is 4.39 Å². The minimum Gasteiger partial charge on any atom is -0.360 e. The molecule has 0 saturated carbocycles. The van der Waals surface area contributed by atoms with Gasteiger partial charge in [0, 0.05) is 42.3 Å². The number of hydrogen-bond donors (Lipinski definition) is 1. The van der Waals surface area contributed by atoms with Gasteiger partial charge in [0.05, 0.1) is 5.69 Å². The van der Waals surface area contributed by atoms with E-state index >= 15 is 0 Å². The van der Waals surface area contributed by atoms with Crippen molar-refractivity contribution in [3.8, 4) is 22.4 Å². The van der Waals surface area contributed by atoms with Gasteiger partial charge in [-0.3, -0.25) is 9.88 Å². The average Bonchev–Trinajstić information content (AvgIpc) is 3.16. The normalized spacial score (nSPS) is 17.5. The highest BCUT2D eigenvalue weighted by Crippen LogP contribution is 2.40. The summed E-state index contributed by atoms with van der Waals surface area (Å²) in [5.74, 6) is -0.221. The summed E-state index contributed by atoms with van der Waals surface area (Å²) in [6.07, 6.45) is 10.3. The van der Waals surface area contributed by atoms with Crippen LogP contribution < -0.4 is 0 Å². The first-order valence-corrected chi connectivity index (χ1v) is 9.98. The SMILES string of the molecule is CCCN1CC=C(c2c[nH]c(-c3ccc(F)cc3)c2-c2ccncc2)CC1C. The fourth-order valence-corrected chi connectivity index (χ4v) is 4.10. The number of aromatic amines is 1. The fourth-order valence-electron chi connectivity index (χ4n) is 4.10. The van der Waals surface area contributed by atoms with E-state index in [0.717, 1.165) is 41.9 Å². The molecule has 3 heterocycles. The lowest BCUT2D eigenvalue weighted by Crippen LogP contribution is -2.36. The van der Waals surface area contributed by atoms with Crippen molar-refractivity contribution in [2.24, 2.45) is 0 Å². The Hall–Kier alpha value is -2.72. The summed E-state index contributed by atoms with van der Waals surface area (Å²) in [7, 11) is 0. The maximum Gasteiger partial charge on any atom is 0.123 e. The number of benzene rings is 1. The van der Waals surface area contributed by atoms with E-state index in [0.29, 0.717) is 6.04 Å². The van der Waals surface area contributed by atoms with Crippen molar-refractivity contribution in [2.45, 2.75) is 32.7 Å².